The van der Waals surface area contributed by atoms with Crippen LogP contribution in [0.2, 0.25) is 5.02 Å². The monoisotopic (exact) mass is 318 g/mol. The van der Waals surface area contributed by atoms with Crippen LogP contribution in [0.15, 0.2) is 17.2 Å². The van der Waals surface area contributed by atoms with E-state index in [2.05, 4.69) is 14.7 Å². The summed E-state index contributed by atoms with van der Waals surface area (Å²) in [4.78, 5) is 8.72. The quantitative estimate of drug-likeness (QED) is 0.904. The van der Waals surface area contributed by atoms with Crippen LogP contribution >= 0.6 is 22.9 Å². The summed E-state index contributed by atoms with van der Waals surface area (Å²) in [5, 5.41) is 0.400. The molecule has 19 heavy (non-hydrogen) atoms. The van der Waals surface area contributed by atoms with Crippen molar-refractivity contribution in [3.8, 4) is 0 Å². The Hall–Kier alpha value is -1.38. The van der Waals surface area contributed by atoms with Gasteiger partial charge in [0.2, 0.25) is 0 Å². The zero-order valence-corrected chi connectivity index (χ0v) is 12.5. The summed E-state index contributed by atoms with van der Waals surface area (Å²) < 4.78 is 26.6. The van der Waals surface area contributed by atoms with Crippen molar-refractivity contribution in [3.63, 3.8) is 0 Å². The number of thiazole rings is 1. The number of aryl methyl sites for hydroxylation is 2. The zero-order valence-electron chi connectivity index (χ0n) is 10.1. The van der Waals surface area contributed by atoms with Gasteiger partial charge in [-0.1, -0.05) is 11.6 Å². The highest BCUT2D eigenvalue weighted by Gasteiger charge is 2.18. The van der Waals surface area contributed by atoms with E-state index in [-0.39, 0.29) is 15.7 Å². The molecule has 102 valence electrons. The second-order valence-corrected chi connectivity index (χ2v) is 7.10. The van der Waals surface area contributed by atoms with Crippen LogP contribution in [0.1, 0.15) is 10.6 Å². The number of nitrogen functional groups attached to an aromatic ring is 1. The summed E-state index contributed by atoms with van der Waals surface area (Å²) in [5.41, 5.74) is 6.23. The van der Waals surface area contributed by atoms with Crippen LogP contribution in [0.5, 0.6) is 0 Å². The lowest BCUT2D eigenvalue weighted by Crippen LogP contribution is -2.13. The van der Waals surface area contributed by atoms with Gasteiger partial charge in [-0.2, -0.15) is 0 Å². The first kappa shape index (κ1) is 14.0. The molecule has 0 amide bonds. The minimum atomic E-state index is -3.76. The molecule has 2 heterocycles. The topological polar surface area (TPSA) is 98.0 Å². The summed E-state index contributed by atoms with van der Waals surface area (Å²) in [5.74, 6) is 0.0848. The number of anilines is 2. The molecule has 0 aliphatic heterocycles. The van der Waals surface area contributed by atoms with Gasteiger partial charge in [-0.25, -0.2) is 18.4 Å². The highest BCUT2D eigenvalue weighted by molar-refractivity contribution is 7.93. The number of aromatic nitrogens is 2. The molecule has 0 bridgehead atoms. The van der Waals surface area contributed by atoms with Gasteiger partial charge in [-0.15, -0.1) is 11.3 Å². The number of nitrogens with zero attached hydrogens (tertiary/aromatic N) is 2. The zero-order chi connectivity index (χ0) is 14.2. The van der Waals surface area contributed by atoms with Crippen molar-refractivity contribution in [2.24, 2.45) is 0 Å². The molecule has 3 N–H and O–H groups in total. The Morgan fingerprint density at radius 2 is 2.11 bits per heavy atom. The molecule has 0 aliphatic carbocycles. The largest absolute Gasteiger partial charge is 0.382 e. The molecule has 6 nitrogen and oxygen atoms in total. The molecule has 2 rings (SSSR count). The lowest BCUT2D eigenvalue weighted by atomic mass is 10.4. The Balaban J connectivity index is 2.34. The van der Waals surface area contributed by atoms with E-state index in [4.69, 9.17) is 17.3 Å². The fourth-order valence-corrected chi connectivity index (χ4v) is 3.52. The van der Waals surface area contributed by atoms with Crippen molar-refractivity contribution in [1.29, 1.82) is 0 Å². The molecule has 0 saturated carbocycles. The van der Waals surface area contributed by atoms with Crippen molar-refractivity contribution in [1.82, 2.24) is 9.97 Å². The SMILES string of the molecule is Cc1nc(NS(=O)(=O)c2cnc(N)c(Cl)c2)sc1C. The predicted octanol–water partition coefficient (Wildman–Crippen LogP) is 2.19. The van der Waals surface area contributed by atoms with E-state index >= 15 is 0 Å². The van der Waals surface area contributed by atoms with E-state index in [9.17, 15) is 8.42 Å². The molecule has 0 unspecified atom stereocenters. The third kappa shape index (κ3) is 2.96. The van der Waals surface area contributed by atoms with Gasteiger partial charge >= 0.3 is 0 Å². The number of hydrogen-bond donors (Lipinski definition) is 2. The van der Waals surface area contributed by atoms with Gasteiger partial charge in [0.1, 0.15) is 10.7 Å². The van der Waals surface area contributed by atoms with Crippen LogP contribution in [0.3, 0.4) is 0 Å². The van der Waals surface area contributed by atoms with Crippen molar-refractivity contribution < 1.29 is 8.42 Å². The lowest BCUT2D eigenvalue weighted by molar-refractivity contribution is 0.601. The van der Waals surface area contributed by atoms with Crippen molar-refractivity contribution in [2.75, 3.05) is 10.5 Å². The number of nitrogens with two attached hydrogens (primary N) is 1. The molecule has 2 aromatic rings. The summed E-state index contributed by atoms with van der Waals surface area (Å²) in [7, 11) is -3.76. The van der Waals surface area contributed by atoms with Gasteiger partial charge in [-0.3, -0.25) is 4.72 Å². The van der Waals surface area contributed by atoms with E-state index in [1.54, 1.807) is 0 Å². The van der Waals surface area contributed by atoms with Crippen LogP contribution in [0.4, 0.5) is 10.9 Å². The van der Waals surface area contributed by atoms with E-state index in [0.717, 1.165) is 16.8 Å². The van der Waals surface area contributed by atoms with Gasteiger partial charge in [0.05, 0.1) is 10.7 Å². The third-order valence-corrected chi connectivity index (χ3v) is 5.13. The van der Waals surface area contributed by atoms with Crippen LogP contribution in [-0.4, -0.2) is 18.4 Å². The number of pyridine rings is 1. The third-order valence-electron chi connectivity index (χ3n) is 2.41. The molecule has 0 fully saturated rings. The second kappa shape index (κ2) is 4.95. The van der Waals surface area contributed by atoms with E-state index in [1.165, 1.54) is 17.4 Å². The molecule has 0 radical (unpaired) electrons. The van der Waals surface area contributed by atoms with E-state index in [0.29, 0.717) is 5.13 Å². The van der Waals surface area contributed by atoms with Gasteiger partial charge in [0.25, 0.3) is 10.0 Å². The normalized spacial score (nSPS) is 11.5. The first-order valence-corrected chi connectivity index (χ1v) is 7.85. The molecule has 0 aromatic carbocycles. The van der Waals surface area contributed by atoms with Crippen LogP contribution in [-0.2, 0) is 10.0 Å². The maximum atomic E-state index is 12.1. The van der Waals surface area contributed by atoms with Crippen LogP contribution in [0.25, 0.3) is 0 Å². The van der Waals surface area contributed by atoms with Crippen LogP contribution < -0.4 is 10.5 Å². The van der Waals surface area contributed by atoms with Crippen molar-refractivity contribution in [3.05, 3.63) is 27.9 Å². The molecule has 9 heteroatoms. The Bertz CT molecular complexity index is 708. The maximum absolute atomic E-state index is 12.1. The lowest BCUT2D eigenvalue weighted by Gasteiger charge is -2.05. The molecule has 0 spiro atoms. The fourth-order valence-electron chi connectivity index (χ4n) is 1.27. The first-order valence-electron chi connectivity index (χ1n) is 5.17. The molecular weight excluding hydrogens is 308 g/mol. The standard InChI is InChI=1S/C10H11ClN4O2S2/c1-5-6(2)18-10(14-5)15-19(16,17)7-3-8(11)9(12)13-4-7/h3-4H,1-2H3,(H2,12,13)(H,14,15). The van der Waals surface area contributed by atoms with Crippen molar-refractivity contribution >= 4 is 43.9 Å². The Morgan fingerprint density at radius 3 is 2.63 bits per heavy atom. The average Bonchev–Trinajstić information content (AvgIpc) is 2.60. The highest BCUT2D eigenvalue weighted by atomic mass is 35.5. The first-order chi connectivity index (χ1) is 8.79. The smallest absolute Gasteiger partial charge is 0.265 e. The number of rotatable bonds is 3. The predicted molar refractivity (Wildman–Crippen MR) is 76.1 cm³/mol. The Kier molecular flexibility index (Phi) is 3.66. The van der Waals surface area contributed by atoms with E-state index in [1.807, 2.05) is 13.8 Å². The van der Waals surface area contributed by atoms with Gasteiger partial charge < -0.3 is 5.73 Å². The average molecular weight is 319 g/mol. The number of halogens is 1. The summed E-state index contributed by atoms with van der Waals surface area (Å²) in [6, 6.07) is 1.25. The molecular formula is C10H11ClN4O2S2. The molecule has 0 aliphatic rings. The summed E-state index contributed by atoms with van der Waals surface area (Å²) in [6.07, 6.45) is 1.15. The second-order valence-electron chi connectivity index (χ2n) is 3.80. The van der Waals surface area contributed by atoms with Gasteiger partial charge in [0, 0.05) is 11.1 Å². The number of sulfonamides is 1. The molecule has 0 saturated heterocycles. The summed E-state index contributed by atoms with van der Waals surface area (Å²) in [6.45, 7) is 3.68. The Morgan fingerprint density at radius 1 is 1.42 bits per heavy atom. The highest BCUT2D eigenvalue weighted by Crippen LogP contribution is 2.25. The van der Waals surface area contributed by atoms with Gasteiger partial charge in [0.15, 0.2) is 5.13 Å². The Labute approximate surface area is 119 Å². The minimum Gasteiger partial charge on any atom is -0.382 e. The molecule has 0 atom stereocenters. The number of hydrogen-bond acceptors (Lipinski definition) is 6. The van der Waals surface area contributed by atoms with Crippen molar-refractivity contribution in [2.45, 2.75) is 18.7 Å². The van der Waals surface area contributed by atoms with Gasteiger partial charge in [-0.05, 0) is 19.9 Å². The molecule has 2 aromatic heterocycles. The number of nitrogens with one attached hydrogen (secondary N) is 1. The van der Waals surface area contributed by atoms with E-state index < -0.39 is 10.0 Å². The maximum Gasteiger partial charge on any atom is 0.265 e. The minimum absolute atomic E-state index is 0.0581. The summed E-state index contributed by atoms with van der Waals surface area (Å²) >= 11 is 7.02. The fraction of sp³-hybridized carbons (Fsp3) is 0.200. The van der Waals surface area contributed by atoms with Crippen LogP contribution in [0, 0.1) is 13.8 Å².